The molecule has 0 amide bonds. The second-order valence-electron chi connectivity index (χ2n) is 7.73. The number of aromatic nitrogens is 3. The summed E-state index contributed by atoms with van der Waals surface area (Å²) < 4.78 is 5.48. The summed E-state index contributed by atoms with van der Waals surface area (Å²) in [4.78, 5) is 18.6. The molecule has 0 unspecified atom stereocenters. The molecule has 1 N–H and O–H groups in total. The first-order valence-electron chi connectivity index (χ1n) is 11.1. The lowest BCUT2D eigenvalue weighted by atomic mass is 10.1. The van der Waals surface area contributed by atoms with E-state index in [1.165, 1.54) is 38.5 Å². The minimum Gasteiger partial charge on any atom is -0.494 e. The molecule has 0 radical (unpaired) electrons. The van der Waals surface area contributed by atoms with Crippen molar-refractivity contribution < 1.29 is 4.74 Å². The van der Waals surface area contributed by atoms with E-state index in [-0.39, 0.29) is 0 Å². The summed E-state index contributed by atoms with van der Waals surface area (Å²) in [7, 11) is 0. The first-order valence-corrected chi connectivity index (χ1v) is 11.1. The van der Waals surface area contributed by atoms with Gasteiger partial charge in [0.1, 0.15) is 5.75 Å². The molecule has 2 aliphatic heterocycles. The van der Waals surface area contributed by atoms with E-state index in [1.54, 1.807) is 6.21 Å². The van der Waals surface area contributed by atoms with Gasteiger partial charge in [-0.3, -0.25) is 0 Å². The van der Waals surface area contributed by atoms with Gasteiger partial charge in [0.2, 0.25) is 17.8 Å². The van der Waals surface area contributed by atoms with Gasteiger partial charge in [-0.1, -0.05) is 0 Å². The highest BCUT2D eigenvalue weighted by atomic mass is 16.5. The van der Waals surface area contributed by atoms with Crippen LogP contribution in [0.4, 0.5) is 17.8 Å². The van der Waals surface area contributed by atoms with Crippen LogP contribution in [-0.2, 0) is 0 Å². The first-order chi connectivity index (χ1) is 14.8. The average molecular weight is 410 g/mol. The zero-order chi connectivity index (χ0) is 20.6. The van der Waals surface area contributed by atoms with E-state index in [9.17, 15) is 0 Å². The number of hydrogen-bond donors (Lipinski definition) is 1. The number of hydrazone groups is 1. The molecule has 0 bridgehead atoms. The summed E-state index contributed by atoms with van der Waals surface area (Å²) in [6.45, 7) is 6.63. The molecular weight excluding hydrogens is 378 g/mol. The predicted molar refractivity (Wildman–Crippen MR) is 121 cm³/mol. The number of ether oxygens (including phenoxy) is 1. The van der Waals surface area contributed by atoms with Crippen molar-refractivity contribution in [2.75, 3.05) is 48.0 Å². The molecule has 0 saturated carbocycles. The van der Waals surface area contributed by atoms with E-state index in [1.807, 2.05) is 31.2 Å². The molecule has 160 valence electrons. The zero-order valence-corrected chi connectivity index (χ0v) is 17.8. The molecule has 30 heavy (non-hydrogen) atoms. The quantitative estimate of drug-likeness (QED) is 0.552. The number of hydrogen-bond acceptors (Lipinski definition) is 8. The van der Waals surface area contributed by atoms with Crippen molar-refractivity contribution in [1.82, 2.24) is 15.0 Å². The summed E-state index contributed by atoms with van der Waals surface area (Å²) >= 11 is 0. The number of nitrogens with zero attached hydrogens (tertiary/aromatic N) is 6. The van der Waals surface area contributed by atoms with Crippen LogP contribution in [-0.4, -0.2) is 54.0 Å². The molecule has 0 spiro atoms. The molecule has 2 aromatic rings. The van der Waals surface area contributed by atoms with Crippen molar-refractivity contribution in [3.05, 3.63) is 29.8 Å². The molecule has 4 rings (SSSR count). The Hall–Kier alpha value is -2.90. The van der Waals surface area contributed by atoms with Gasteiger partial charge in [-0.25, -0.2) is 5.43 Å². The maximum atomic E-state index is 5.48. The van der Waals surface area contributed by atoms with Crippen molar-refractivity contribution in [2.45, 2.75) is 45.4 Å². The van der Waals surface area contributed by atoms with Crippen LogP contribution < -0.4 is 20.0 Å². The van der Waals surface area contributed by atoms with Crippen molar-refractivity contribution >= 4 is 24.1 Å². The lowest BCUT2D eigenvalue weighted by molar-refractivity contribution is 0.340. The summed E-state index contributed by atoms with van der Waals surface area (Å²) in [6.07, 6.45) is 9.05. The van der Waals surface area contributed by atoms with Gasteiger partial charge < -0.3 is 14.5 Å². The van der Waals surface area contributed by atoms with E-state index >= 15 is 0 Å². The van der Waals surface area contributed by atoms with Gasteiger partial charge in [0.15, 0.2) is 0 Å². The van der Waals surface area contributed by atoms with Crippen LogP contribution in [0.2, 0.25) is 0 Å². The largest absolute Gasteiger partial charge is 0.494 e. The van der Waals surface area contributed by atoms with Crippen LogP contribution >= 0.6 is 0 Å². The van der Waals surface area contributed by atoms with Crippen molar-refractivity contribution in [3.63, 3.8) is 0 Å². The lowest BCUT2D eigenvalue weighted by Crippen LogP contribution is -2.34. The second kappa shape index (κ2) is 10.2. The van der Waals surface area contributed by atoms with E-state index in [2.05, 4.69) is 30.3 Å². The van der Waals surface area contributed by atoms with E-state index in [4.69, 9.17) is 9.72 Å². The highest BCUT2D eigenvalue weighted by Crippen LogP contribution is 2.22. The second-order valence-corrected chi connectivity index (χ2v) is 7.73. The van der Waals surface area contributed by atoms with Gasteiger partial charge in [0, 0.05) is 26.2 Å². The van der Waals surface area contributed by atoms with E-state index in [0.29, 0.717) is 12.6 Å². The monoisotopic (exact) mass is 409 g/mol. The fraction of sp³-hybridized carbons (Fsp3) is 0.545. The van der Waals surface area contributed by atoms with E-state index in [0.717, 1.165) is 49.4 Å². The standard InChI is InChI=1S/C22H31N7O/c1-2-30-19-11-9-18(10-12-19)17-23-27-20-24-21(28-13-5-3-6-14-28)26-22(25-20)29-15-7-4-8-16-29/h9-12,17H,2-8,13-16H2,1H3,(H,24,25,26,27). The van der Waals surface area contributed by atoms with Crippen LogP contribution in [0.25, 0.3) is 0 Å². The van der Waals surface area contributed by atoms with Gasteiger partial charge in [-0.15, -0.1) is 0 Å². The molecule has 3 heterocycles. The smallest absolute Gasteiger partial charge is 0.250 e. The summed E-state index contributed by atoms with van der Waals surface area (Å²) in [5.41, 5.74) is 3.99. The minimum atomic E-state index is 0.494. The Kier molecular flexibility index (Phi) is 6.95. The molecule has 8 heteroatoms. The number of anilines is 3. The summed E-state index contributed by atoms with van der Waals surface area (Å²) in [5.74, 6) is 2.86. The Labute approximate surface area is 178 Å². The van der Waals surface area contributed by atoms with Gasteiger partial charge in [0.05, 0.1) is 12.8 Å². The SMILES string of the molecule is CCOc1ccc(C=NNc2nc(N3CCCCC3)nc(N3CCCCC3)n2)cc1. The maximum Gasteiger partial charge on any atom is 0.250 e. The highest BCUT2D eigenvalue weighted by molar-refractivity contribution is 5.80. The Morgan fingerprint density at radius 3 is 1.97 bits per heavy atom. The van der Waals surface area contributed by atoms with Crippen LogP contribution in [0, 0.1) is 0 Å². The Bertz CT molecular complexity index is 792. The normalized spacial score (nSPS) is 17.4. The van der Waals surface area contributed by atoms with Gasteiger partial charge in [-0.2, -0.15) is 20.1 Å². The number of rotatable bonds is 7. The summed E-state index contributed by atoms with van der Waals surface area (Å²) in [5, 5.41) is 4.35. The van der Waals surface area contributed by atoms with Crippen molar-refractivity contribution in [3.8, 4) is 5.75 Å². The van der Waals surface area contributed by atoms with Crippen LogP contribution in [0.1, 0.15) is 51.0 Å². The minimum absolute atomic E-state index is 0.494. The van der Waals surface area contributed by atoms with Crippen LogP contribution in [0.3, 0.4) is 0 Å². The van der Waals surface area contributed by atoms with Crippen LogP contribution in [0.15, 0.2) is 29.4 Å². The predicted octanol–water partition coefficient (Wildman–Crippen LogP) is 3.70. The molecule has 0 atom stereocenters. The average Bonchev–Trinajstić information content (AvgIpc) is 2.81. The topological polar surface area (TPSA) is 78.8 Å². The zero-order valence-electron chi connectivity index (χ0n) is 17.8. The highest BCUT2D eigenvalue weighted by Gasteiger charge is 2.20. The molecule has 2 aliphatic rings. The lowest BCUT2D eigenvalue weighted by Gasteiger charge is -2.30. The summed E-state index contributed by atoms with van der Waals surface area (Å²) in [6, 6.07) is 7.83. The third kappa shape index (κ3) is 5.37. The number of nitrogens with one attached hydrogen (secondary N) is 1. The number of piperidine rings is 2. The molecule has 1 aromatic carbocycles. The molecular formula is C22H31N7O. The van der Waals surface area contributed by atoms with Crippen molar-refractivity contribution in [1.29, 1.82) is 0 Å². The molecule has 2 saturated heterocycles. The van der Waals surface area contributed by atoms with Gasteiger partial charge in [-0.05, 0) is 75.3 Å². The fourth-order valence-corrected chi connectivity index (χ4v) is 3.86. The third-order valence-electron chi connectivity index (χ3n) is 5.46. The Morgan fingerprint density at radius 1 is 0.867 bits per heavy atom. The molecule has 8 nitrogen and oxygen atoms in total. The van der Waals surface area contributed by atoms with Gasteiger partial charge >= 0.3 is 0 Å². The first kappa shape index (κ1) is 20.4. The fourth-order valence-electron chi connectivity index (χ4n) is 3.86. The molecule has 2 fully saturated rings. The Balaban J connectivity index is 1.50. The third-order valence-corrected chi connectivity index (χ3v) is 5.46. The van der Waals surface area contributed by atoms with Crippen LogP contribution in [0.5, 0.6) is 5.75 Å². The molecule has 0 aliphatic carbocycles. The van der Waals surface area contributed by atoms with E-state index < -0.39 is 0 Å². The maximum absolute atomic E-state index is 5.48. The van der Waals surface area contributed by atoms with Crippen molar-refractivity contribution in [2.24, 2.45) is 5.10 Å². The van der Waals surface area contributed by atoms with Gasteiger partial charge in [0.25, 0.3) is 0 Å². The Morgan fingerprint density at radius 2 is 1.43 bits per heavy atom. The molecule has 1 aromatic heterocycles. The number of benzene rings is 1.